The van der Waals surface area contributed by atoms with Crippen LogP contribution in [0.1, 0.15) is 25.7 Å². The van der Waals surface area contributed by atoms with E-state index in [0.717, 1.165) is 30.3 Å². The zero-order valence-electron chi connectivity index (χ0n) is 14.3. The lowest BCUT2D eigenvalue weighted by molar-refractivity contribution is -0.137. The number of halogens is 1. The second-order valence-electron chi connectivity index (χ2n) is 5.82. The number of aliphatic carboxylic acids is 1. The van der Waals surface area contributed by atoms with E-state index in [-0.39, 0.29) is 23.3 Å². The Labute approximate surface area is 156 Å². The summed E-state index contributed by atoms with van der Waals surface area (Å²) in [5.41, 5.74) is 0.387. The minimum atomic E-state index is -1.14. The van der Waals surface area contributed by atoms with Crippen LogP contribution in [0.4, 0.5) is 5.82 Å². The molecule has 0 aliphatic carbocycles. The highest BCUT2D eigenvalue weighted by Crippen LogP contribution is 2.26. The zero-order chi connectivity index (χ0) is 18.9. The number of aromatic nitrogens is 2. The highest BCUT2D eigenvalue weighted by molar-refractivity contribution is 6.32. The van der Waals surface area contributed by atoms with Crippen molar-refractivity contribution in [1.82, 2.24) is 9.55 Å². The predicted molar refractivity (Wildman–Crippen MR) is 101 cm³/mol. The number of carboxylic acids is 1. The summed E-state index contributed by atoms with van der Waals surface area (Å²) < 4.78 is 1.13. The molecule has 26 heavy (non-hydrogen) atoms. The molecule has 0 unspecified atom stereocenters. The highest BCUT2D eigenvalue weighted by Gasteiger charge is 2.18. The van der Waals surface area contributed by atoms with Gasteiger partial charge in [-0.2, -0.15) is 0 Å². The second kappa shape index (κ2) is 9.94. The van der Waals surface area contributed by atoms with E-state index in [0.29, 0.717) is 12.1 Å². The molecule has 8 heteroatoms. The number of unbranched alkanes of at least 4 members (excludes halogenated alkanes) is 3. The number of hydrogen-bond acceptors (Lipinski definition) is 5. The predicted octanol–water partition coefficient (Wildman–Crippen LogP) is 2.61. The van der Waals surface area contributed by atoms with Crippen molar-refractivity contribution in [3.8, 4) is 11.3 Å². The van der Waals surface area contributed by atoms with Crippen molar-refractivity contribution in [3.63, 3.8) is 0 Å². The molecule has 0 spiro atoms. The van der Waals surface area contributed by atoms with Crippen molar-refractivity contribution in [1.29, 1.82) is 0 Å². The average Bonchev–Trinajstić information content (AvgIpc) is 2.62. The van der Waals surface area contributed by atoms with Crippen LogP contribution in [0.5, 0.6) is 0 Å². The van der Waals surface area contributed by atoms with Crippen LogP contribution < -0.4 is 10.9 Å². The first-order chi connectivity index (χ1) is 12.5. The fourth-order valence-electron chi connectivity index (χ4n) is 2.61. The average molecular weight is 380 g/mol. The van der Waals surface area contributed by atoms with Crippen LogP contribution in [0.3, 0.4) is 0 Å². The third-order valence-electron chi connectivity index (χ3n) is 3.84. The van der Waals surface area contributed by atoms with Crippen LogP contribution in [0.25, 0.3) is 11.3 Å². The topological polar surface area (TPSA) is 104 Å². The number of nitrogens with one attached hydrogen (secondary N) is 1. The van der Waals surface area contributed by atoms with E-state index in [4.69, 9.17) is 16.7 Å². The standard InChI is InChI=1S/C18H22ClN3O4/c19-16-15(13-8-4-3-5-9-13)22(12-14(24)25)18(26)17(21-16)20-10-6-1-2-7-11-23/h3-5,8-9,23H,1-2,6-7,10-12H2,(H,20,21)(H,24,25). The molecule has 0 aliphatic heterocycles. The van der Waals surface area contributed by atoms with E-state index in [2.05, 4.69) is 10.3 Å². The fourth-order valence-corrected chi connectivity index (χ4v) is 2.90. The molecule has 140 valence electrons. The van der Waals surface area contributed by atoms with Crippen LogP contribution in [-0.2, 0) is 11.3 Å². The quantitative estimate of drug-likeness (QED) is 0.548. The van der Waals surface area contributed by atoms with E-state index >= 15 is 0 Å². The van der Waals surface area contributed by atoms with Gasteiger partial charge in [-0.1, -0.05) is 54.8 Å². The zero-order valence-corrected chi connectivity index (χ0v) is 15.1. The summed E-state index contributed by atoms with van der Waals surface area (Å²) in [5, 5.41) is 20.9. The number of anilines is 1. The molecule has 2 aromatic rings. The Hall–Kier alpha value is -2.38. The van der Waals surface area contributed by atoms with Crippen LogP contribution in [-0.4, -0.2) is 38.9 Å². The van der Waals surface area contributed by atoms with E-state index in [1.807, 2.05) is 6.07 Å². The number of carbonyl (C=O) groups is 1. The van der Waals surface area contributed by atoms with E-state index in [1.54, 1.807) is 24.3 Å². The minimum Gasteiger partial charge on any atom is -0.480 e. The lowest BCUT2D eigenvalue weighted by atomic mass is 10.1. The van der Waals surface area contributed by atoms with Gasteiger partial charge < -0.3 is 15.5 Å². The summed E-state index contributed by atoms with van der Waals surface area (Å²) in [6.07, 6.45) is 3.37. The summed E-state index contributed by atoms with van der Waals surface area (Å²) in [6.45, 7) is 0.184. The Balaban J connectivity index is 2.28. The summed E-state index contributed by atoms with van der Waals surface area (Å²) in [7, 11) is 0. The molecular weight excluding hydrogens is 358 g/mol. The molecule has 0 radical (unpaired) electrons. The molecule has 0 aliphatic rings. The van der Waals surface area contributed by atoms with Crippen molar-refractivity contribution >= 4 is 23.4 Å². The molecule has 0 saturated carbocycles. The van der Waals surface area contributed by atoms with E-state index < -0.39 is 18.1 Å². The Kier molecular flexibility index (Phi) is 7.62. The molecule has 2 rings (SSSR count). The molecule has 1 aromatic carbocycles. The van der Waals surface area contributed by atoms with Crippen LogP contribution >= 0.6 is 11.6 Å². The van der Waals surface area contributed by atoms with Crippen molar-refractivity contribution < 1.29 is 15.0 Å². The molecule has 0 fully saturated rings. The van der Waals surface area contributed by atoms with Gasteiger partial charge in [-0.05, 0) is 12.8 Å². The number of benzene rings is 1. The molecule has 0 bridgehead atoms. The maximum absolute atomic E-state index is 12.7. The third-order valence-corrected chi connectivity index (χ3v) is 4.10. The van der Waals surface area contributed by atoms with Gasteiger partial charge in [0.25, 0.3) is 5.56 Å². The SMILES string of the molecule is O=C(O)Cn1c(-c2ccccc2)c(Cl)nc(NCCCCCCO)c1=O. The number of aliphatic hydroxyl groups is 1. The summed E-state index contributed by atoms with van der Waals surface area (Å²) >= 11 is 6.27. The van der Waals surface area contributed by atoms with Crippen LogP contribution in [0.2, 0.25) is 5.15 Å². The molecular formula is C18H22ClN3O4. The largest absolute Gasteiger partial charge is 0.480 e. The number of carboxylic acid groups (broad SMARTS) is 1. The number of aliphatic hydroxyl groups excluding tert-OH is 1. The third kappa shape index (κ3) is 5.31. The maximum Gasteiger partial charge on any atom is 0.323 e. The van der Waals surface area contributed by atoms with Gasteiger partial charge >= 0.3 is 5.97 Å². The van der Waals surface area contributed by atoms with Gasteiger partial charge in [-0.15, -0.1) is 0 Å². The van der Waals surface area contributed by atoms with Crippen LogP contribution in [0.15, 0.2) is 35.1 Å². The molecule has 0 amide bonds. The van der Waals surface area contributed by atoms with Crippen molar-refractivity contribution in [2.24, 2.45) is 0 Å². The van der Waals surface area contributed by atoms with Gasteiger partial charge in [-0.25, -0.2) is 4.98 Å². The van der Waals surface area contributed by atoms with Gasteiger partial charge in [0.1, 0.15) is 6.54 Å². The second-order valence-corrected chi connectivity index (χ2v) is 6.17. The van der Waals surface area contributed by atoms with Gasteiger partial charge in [0.15, 0.2) is 11.0 Å². The first kappa shape index (κ1) is 19.9. The lowest BCUT2D eigenvalue weighted by Gasteiger charge is -2.15. The first-order valence-electron chi connectivity index (χ1n) is 8.47. The van der Waals surface area contributed by atoms with Crippen LogP contribution in [0, 0.1) is 0 Å². The fraction of sp³-hybridized carbons (Fsp3) is 0.389. The van der Waals surface area contributed by atoms with Gasteiger partial charge in [0.2, 0.25) is 0 Å². The van der Waals surface area contributed by atoms with Crippen molar-refractivity contribution in [3.05, 3.63) is 45.8 Å². The normalized spacial score (nSPS) is 10.7. The highest BCUT2D eigenvalue weighted by atomic mass is 35.5. The Morgan fingerprint density at radius 3 is 2.50 bits per heavy atom. The lowest BCUT2D eigenvalue weighted by Crippen LogP contribution is -2.29. The minimum absolute atomic E-state index is 0.0399. The van der Waals surface area contributed by atoms with E-state index in [1.165, 1.54) is 0 Å². The van der Waals surface area contributed by atoms with Gasteiger partial charge in [0, 0.05) is 18.7 Å². The smallest absolute Gasteiger partial charge is 0.323 e. The Morgan fingerprint density at radius 1 is 1.15 bits per heavy atom. The monoisotopic (exact) mass is 379 g/mol. The number of rotatable bonds is 10. The summed E-state index contributed by atoms with van der Waals surface area (Å²) in [6, 6.07) is 8.86. The number of hydrogen-bond donors (Lipinski definition) is 3. The van der Waals surface area contributed by atoms with E-state index in [9.17, 15) is 14.7 Å². The van der Waals surface area contributed by atoms with Crippen molar-refractivity contribution in [2.75, 3.05) is 18.5 Å². The molecule has 0 atom stereocenters. The summed E-state index contributed by atoms with van der Waals surface area (Å²) in [5.74, 6) is -1.10. The number of nitrogens with zero attached hydrogens (tertiary/aromatic N) is 2. The molecule has 0 saturated heterocycles. The Bertz CT molecular complexity index is 793. The maximum atomic E-state index is 12.7. The van der Waals surface area contributed by atoms with Gasteiger partial charge in [-0.3, -0.25) is 14.2 Å². The Morgan fingerprint density at radius 2 is 1.85 bits per heavy atom. The first-order valence-corrected chi connectivity index (χ1v) is 8.84. The molecule has 1 heterocycles. The van der Waals surface area contributed by atoms with Crippen molar-refractivity contribution in [2.45, 2.75) is 32.2 Å². The molecule has 3 N–H and O–H groups in total. The van der Waals surface area contributed by atoms with Gasteiger partial charge in [0.05, 0.1) is 5.69 Å². The molecule has 1 aromatic heterocycles. The summed E-state index contributed by atoms with van der Waals surface area (Å²) in [4.78, 5) is 28.1. The molecule has 7 nitrogen and oxygen atoms in total.